The number of likely N-dealkylation sites (N-methyl/N-ethyl adjacent to an activating group) is 1. The molecule has 2 fully saturated rings. The van der Waals surface area contributed by atoms with Crippen LogP contribution in [0.15, 0.2) is 0 Å². The van der Waals surface area contributed by atoms with Crippen LogP contribution in [0.2, 0.25) is 0 Å². The highest BCUT2D eigenvalue weighted by atomic mass is 15.3. The Balaban J connectivity index is 0.000000531. The van der Waals surface area contributed by atoms with E-state index in [4.69, 9.17) is 0 Å². The fourth-order valence-corrected chi connectivity index (χ4v) is 2.50. The molecule has 0 aromatic carbocycles. The Morgan fingerprint density at radius 1 is 1.13 bits per heavy atom. The summed E-state index contributed by atoms with van der Waals surface area (Å²) in [6.45, 7) is 12.5. The Morgan fingerprint density at radius 3 is 2.40 bits per heavy atom. The van der Waals surface area contributed by atoms with E-state index < -0.39 is 0 Å². The van der Waals surface area contributed by atoms with Crippen molar-refractivity contribution in [3.05, 3.63) is 0 Å². The maximum Gasteiger partial charge on any atom is 0.0236 e. The number of hydrogen-bond acceptors (Lipinski definition) is 3. The van der Waals surface area contributed by atoms with E-state index in [1.165, 1.54) is 39.1 Å². The molecule has 0 spiro atoms. The topological polar surface area (TPSA) is 18.5 Å². The Labute approximate surface area is 94.8 Å². The third-order valence-corrected chi connectivity index (χ3v) is 3.28. The molecule has 0 radical (unpaired) electrons. The van der Waals surface area contributed by atoms with Gasteiger partial charge < -0.3 is 10.2 Å². The van der Waals surface area contributed by atoms with Gasteiger partial charge >= 0.3 is 0 Å². The number of nitrogens with one attached hydrogen (secondary N) is 1. The summed E-state index contributed by atoms with van der Waals surface area (Å²) in [7, 11) is 2.23. The van der Waals surface area contributed by atoms with E-state index in [9.17, 15) is 0 Å². The highest BCUT2D eigenvalue weighted by molar-refractivity contribution is 4.86. The lowest BCUT2D eigenvalue weighted by Crippen LogP contribution is -2.53. The second-order valence-electron chi connectivity index (χ2n) is 4.55. The molecule has 1 N–H and O–H groups in total. The molecule has 2 atom stereocenters. The molecule has 3 nitrogen and oxygen atoms in total. The first-order valence-electron chi connectivity index (χ1n) is 6.41. The third-order valence-electron chi connectivity index (χ3n) is 3.28. The molecular weight excluding hydrogens is 186 g/mol. The van der Waals surface area contributed by atoms with Crippen molar-refractivity contribution in [3.63, 3.8) is 0 Å². The number of nitrogens with zero attached hydrogens (tertiary/aromatic N) is 2. The van der Waals surface area contributed by atoms with Gasteiger partial charge in [-0.2, -0.15) is 0 Å². The number of hydrogen-bond donors (Lipinski definition) is 1. The average Bonchev–Trinajstić information content (AvgIpc) is 2.68. The standard InChI is InChI=1S/C10H21N3.C2H6/c1-9-7-13(6-4-11-9)10-3-5-12(2)8-10;1-2/h9-11H,3-8H2,1-2H3;1-2H3. The van der Waals surface area contributed by atoms with Crippen LogP contribution in [0.4, 0.5) is 0 Å². The maximum atomic E-state index is 3.49. The van der Waals surface area contributed by atoms with Crippen molar-refractivity contribution >= 4 is 0 Å². The van der Waals surface area contributed by atoms with Crippen LogP contribution in [0.1, 0.15) is 27.2 Å². The molecule has 0 aromatic heterocycles. The van der Waals surface area contributed by atoms with Crippen molar-refractivity contribution in [2.24, 2.45) is 0 Å². The Bertz CT molecular complexity index is 172. The van der Waals surface area contributed by atoms with Crippen LogP contribution in [-0.2, 0) is 0 Å². The molecule has 2 unspecified atom stereocenters. The zero-order chi connectivity index (χ0) is 11.3. The van der Waals surface area contributed by atoms with Crippen molar-refractivity contribution in [1.29, 1.82) is 0 Å². The molecule has 2 rings (SSSR count). The SMILES string of the molecule is CC.CC1CN(C2CCN(C)C2)CCN1. The average molecular weight is 213 g/mol. The molecule has 3 heteroatoms. The van der Waals surface area contributed by atoms with Gasteiger partial charge in [0.15, 0.2) is 0 Å². The lowest BCUT2D eigenvalue weighted by Gasteiger charge is -2.36. The van der Waals surface area contributed by atoms with Crippen LogP contribution in [0.25, 0.3) is 0 Å². The van der Waals surface area contributed by atoms with Crippen LogP contribution in [0, 0.1) is 0 Å². The Kier molecular flexibility index (Phi) is 5.58. The predicted molar refractivity (Wildman–Crippen MR) is 66.3 cm³/mol. The van der Waals surface area contributed by atoms with E-state index in [0.29, 0.717) is 6.04 Å². The third kappa shape index (κ3) is 3.74. The van der Waals surface area contributed by atoms with Gasteiger partial charge in [-0.3, -0.25) is 4.90 Å². The minimum absolute atomic E-state index is 0.680. The summed E-state index contributed by atoms with van der Waals surface area (Å²) in [6, 6.07) is 1.51. The molecule has 0 saturated carbocycles. The van der Waals surface area contributed by atoms with Gasteiger partial charge in [0.05, 0.1) is 0 Å². The van der Waals surface area contributed by atoms with Crippen molar-refractivity contribution in [2.45, 2.75) is 39.3 Å². The molecule has 90 valence electrons. The van der Waals surface area contributed by atoms with Crippen molar-refractivity contribution in [2.75, 3.05) is 39.8 Å². The molecule has 0 amide bonds. The summed E-state index contributed by atoms with van der Waals surface area (Å²) in [6.07, 6.45) is 1.36. The Morgan fingerprint density at radius 2 is 1.87 bits per heavy atom. The summed E-state index contributed by atoms with van der Waals surface area (Å²) in [5, 5.41) is 3.49. The second-order valence-corrected chi connectivity index (χ2v) is 4.55. The molecule has 0 aliphatic carbocycles. The van der Waals surface area contributed by atoms with Crippen LogP contribution in [-0.4, -0.2) is 61.7 Å². The zero-order valence-electron chi connectivity index (χ0n) is 10.8. The molecule has 2 heterocycles. The summed E-state index contributed by atoms with van der Waals surface area (Å²) in [5.41, 5.74) is 0. The van der Waals surface area contributed by atoms with Gasteiger partial charge in [0.1, 0.15) is 0 Å². The molecular formula is C12H27N3. The fourth-order valence-electron chi connectivity index (χ4n) is 2.50. The van der Waals surface area contributed by atoms with Gasteiger partial charge in [0.2, 0.25) is 0 Å². The summed E-state index contributed by atoms with van der Waals surface area (Å²) < 4.78 is 0. The molecule has 2 aliphatic rings. The summed E-state index contributed by atoms with van der Waals surface area (Å²) in [4.78, 5) is 5.10. The van der Waals surface area contributed by atoms with Crippen LogP contribution in [0.5, 0.6) is 0 Å². The first kappa shape index (κ1) is 12.9. The minimum Gasteiger partial charge on any atom is -0.312 e. The van der Waals surface area contributed by atoms with E-state index in [1.807, 2.05) is 13.8 Å². The molecule has 0 bridgehead atoms. The minimum atomic E-state index is 0.680. The van der Waals surface area contributed by atoms with Crippen molar-refractivity contribution in [1.82, 2.24) is 15.1 Å². The monoisotopic (exact) mass is 213 g/mol. The van der Waals surface area contributed by atoms with Gasteiger partial charge in [-0.1, -0.05) is 13.8 Å². The molecule has 0 aromatic rings. The number of piperazine rings is 1. The van der Waals surface area contributed by atoms with Crippen molar-refractivity contribution < 1.29 is 0 Å². The zero-order valence-corrected chi connectivity index (χ0v) is 10.8. The second kappa shape index (κ2) is 6.46. The first-order chi connectivity index (χ1) is 7.25. The normalized spacial score (nSPS) is 33.6. The van der Waals surface area contributed by atoms with Crippen LogP contribution >= 0.6 is 0 Å². The van der Waals surface area contributed by atoms with Gasteiger partial charge in [0.25, 0.3) is 0 Å². The molecule has 2 saturated heterocycles. The maximum absolute atomic E-state index is 3.49. The smallest absolute Gasteiger partial charge is 0.0236 e. The van der Waals surface area contributed by atoms with Gasteiger partial charge in [-0.05, 0) is 26.9 Å². The summed E-state index contributed by atoms with van der Waals surface area (Å²) >= 11 is 0. The molecule has 15 heavy (non-hydrogen) atoms. The number of rotatable bonds is 1. The number of likely N-dealkylation sites (tertiary alicyclic amines) is 1. The van der Waals surface area contributed by atoms with E-state index in [1.54, 1.807) is 0 Å². The quantitative estimate of drug-likeness (QED) is 0.701. The van der Waals surface area contributed by atoms with E-state index in [0.717, 1.165) is 6.04 Å². The van der Waals surface area contributed by atoms with E-state index in [2.05, 4.69) is 29.1 Å². The predicted octanol–water partition coefficient (Wildman–Crippen LogP) is 1.01. The highest BCUT2D eigenvalue weighted by Gasteiger charge is 2.27. The lowest BCUT2D eigenvalue weighted by atomic mass is 10.1. The van der Waals surface area contributed by atoms with E-state index >= 15 is 0 Å². The van der Waals surface area contributed by atoms with Gasteiger partial charge in [-0.15, -0.1) is 0 Å². The summed E-state index contributed by atoms with van der Waals surface area (Å²) in [5.74, 6) is 0. The Hall–Kier alpha value is -0.120. The molecule has 2 aliphatic heterocycles. The van der Waals surface area contributed by atoms with Gasteiger partial charge in [0, 0.05) is 38.3 Å². The fraction of sp³-hybridized carbons (Fsp3) is 1.00. The van der Waals surface area contributed by atoms with Crippen molar-refractivity contribution in [3.8, 4) is 0 Å². The van der Waals surface area contributed by atoms with Gasteiger partial charge in [-0.25, -0.2) is 0 Å². The van der Waals surface area contributed by atoms with Crippen LogP contribution < -0.4 is 5.32 Å². The van der Waals surface area contributed by atoms with Crippen LogP contribution in [0.3, 0.4) is 0 Å². The lowest BCUT2D eigenvalue weighted by molar-refractivity contribution is 0.151. The largest absolute Gasteiger partial charge is 0.312 e. The highest BCUT2D eigenvalue weighted by Crippen LogP contribution is 2.15. The first-order valence-corrected chi connectivity index (χ1v) is 6.41. The van der Waals surface area contributed by atoms with E-state index in [-0.39, 0.29) is 0 Å².